The standard InChI is InChI=1S/C19H29N5O/c1-5-8-13(2)25-18-22-16(20)17-21-12-15(24(17)23-18)11-14-9-6-7-10-19(14,3)4/h11-13H,5-10H2,1-4H3,(H2,20,22,23)/b14-11-/t13-/m0/s1. The van der Waals surface area contributed by atoms with Crippen LogP contribution in [0.15, 0.2) is 11.8 Å². The normalized spacial score (nSPS) is 20.1. The monoisotopic (exact) mass is 343 g/mol. The molecule has 0 spiro atoms. The van der Waals surface area contributed by atoms with Crippen molar-refractivity contribution in [1.82, 2.24) is 19.6 Å². The van der Waals surface area contributed by atoms with Gasteiger partial charge in [0.15, 0.2) is 11.5 Å². The van der Waals surface area contributed by atoms with E-state index in [0.717, 1.165) is 25.0 Å². The van der Waals surface area contributed by atoms with Gasteiger partial charge in [0.2, 0.25) is 0 Å². The number of nitrogens with zero attached hydrogens (tertiary/aromatic N) is 4. The maximum atomic E-state index is 6.07. The second-order valence-corrected chi connectivity index (χ2v) is 7.68. The molecule has 0 amide bonds. The Bertz CT molecular complexity index is 777. The van der Waals surface area contributed by atoms with Gasteiger partial charge in [-0.1, -0.05) is 39.2 Å². The third-order valence-corrected chi connectivity index (χ3v) is 5.09. The SMILES string of the molecule is CCC[C@H](C)Oc1nc(N)c2ncc(/C=C3/CCCCC3(C)C)n2n1. The van der Waals surface area contributed by atoms with Crippen LogP contribution in [0.5, 0.6) is 6.01 Å². The van der Waals surface area contributed by atoms with Crippen LogP contribution in [0, 0.1) is 5.41 Å². The summed E-state index contributed by atoms with van der Waals surface area (Å²) in [6.07, 6.45) is 11.0. The number of imidazole rings is 1. The van der Waals surface area contributed by atoms with Gasteiger partial charge in [-0.3, -0.25) is 0 Å². The van der Waals surface area contributed by atoms with Crippen LogP contribution >= 0.6 is 0 Å². The van der Waals surface area contributed by atoms with Gasteiger partial charge >= 0.3 is 6.01 Å². The van der Waals surface area contributed by atoms with Crippen LogP contribution in [0.2, 0.25) is 0 Å². The average molecular weight is 343 g/mol. The molecule has 25 heavy (non-hydrogen) atoms. The fraction of sp³-hybridized carbons (Fsp3) is 0.632. The predicted octanol–water partition coefficient (Wildman–Crippen LogP) is 4.26. The maximum absolute atomic E-state index is 6.07. The second-order valence-electron chi connectivity index (χ2n) is 7.68. The van der Waals surface area contributed by atoms with E-state index >= 15 is 0 Å². The molecule has 2 N–H and O–H groups in total. The third-order valence-electron chi connectivity index (χ3n) is 5.09. The Morgan fingerprint density at radius 3 is 2.92 bits per heavy atom. The number of hydrogen-bond acceptors (Lipinski definition) is 5. The van der Waals surface area contributed by atoms with E-state index in [-0.39, 0.29) is 11.5 Å². The molecular weight excluding hydrogens is 314 g/mol. The molecule has 0 bridgehead atoms. The highest BCUT2D eigenvalue weighted by Gasteiger charge is 2.26. The number of nitrogen functional groups attached to an aromatic ring is 1. The zero-order valence-electron chi connectivity index (χ0n) is 15.7. The molecule has 1 fully saturated rings. The van der Waals surface area contributed by atoms with Crippen molar-refractivity contribution >= 4 is 17.5 Å². The third kappa shape index (κ3) is 3.78. The van der Waals surface area contributed by atoms with Gasteiger partial charge < -0.3 is 10.5 Å². The molecule has 1 aliphatic rings. The average Bonchev–Trinajstić information content (AvgIpc) is 2.93. The fourth-order valence-corrected chi connectivity index (χ4v) is 3.52. The summed E-state index contributed by atoms with van der Waals surface area (Å²) in [5.74, 6) is 0.348. The van der Waals surface area contributed by atoms with Crippen LogP contribution in [0.25, 0.3) is 11.7 Å². The lowest BCUT2D eigenvalue weighted by atomic mass is 9.73. The van der Waals surface area contributed by atoms with Gasteiger partial charge in [0.05, 0.1) is 18.0 Å². The van der Waals surface area contributed by atoms with E-state index in [1.807, 2.05) is 13.1 Å². The molecule has 1 atom stereocenters. The number of fused-ring (bicyclic) bond motifs is 1. The second kappa shape index (κ2) is 7.02. The Kier molecular flexibility index (Phi) is 4.97. The topological polar surface area (TPSA) is 78.3 Å². The van der Waals surface area contributed by atoms with E-state index in [1.165, 1.54) is 24.8 Å². The molecule has 0 unspecified atom stereocenters. The number of rotatable bonds is 5. The molecule has 2 heterocycles. The molecule has 2 aromatic heterocycles. The summed E-state index contributed by atoms with van der Waals surface area (Å²) in [7, 11) is 0. The first-order valence-electron chi connectivity index (χ1n) is 9.29. The molecule has 2 aromatic rings. The van der Waals surface area contributed by atoms with Crippen LogP contribution < -0.4 is 10.5 Å². The van der Waals surface area contributed by atoms with Crippen LogP contribution in [0.4, 0.5) is 5.82 Å². The Balaban J connectivity index is 1.98. The van der Waals surface area contributed by atoms with Crippen molar-refractivity contribution in [1.29, 1.82) is 0 Å². The van der Waals surface area contributed by atoms with Crippen LogP contribution in [0.3, 0.4) is 0 Å². The fourth-order valence-electron chi connectivity index (χ4n) is 3.52. The molecule has 1 saturated carbocycles. The lowest BCUT2D eigenvalue weighted by Crippen LogP contribution is -2.19. The Hall–Kier alpha value is -2.11. The first kappa shape index (κ1) is 17.7. The summed E-state index contributed by atoms with van der Waals surface area (Å²) in [5.41, 5.74) is 9.25. The van der Waals surface area contributed by atoms with Crippen molar-refractivity contribution in [3.8, 4) is 6.01 Å². The van der Waals surface area contributed by atoms with E-state index in [2.05, 4.69) is 41.9 Å². The van der Waals surface area contributed by atoms with Crippen LogP contribution in [-0.2, 0) is 0 Å². The van der Waals surface area contributed by atoms with Gasteiger partial charge in [0, 0.05) is 0 Å². The van der Waals surface area contributed by atoms with Crippen LogP contribution in [-0.4, -0.2) is 25.7 Å². The zero-order valence-corrected chi connectivity index (χ0v) is 15.7. The van der Waals surface area contributed by atoms with Gasteiger partial charge in [0.25, 0.3) is 0 Å². The zero-order chi connectivity index (χ0) is 18.0. The lowest BCUT2D eigenvalue weighted by Gasteiger charge is -2.32. The van der Waals surface area contributed by atoms with Crippen molar-refractivity contribution in [2.24, 2.45) is 5.41 Å². The van der Waals surface area contributed by atoms with Crippen molar-refractivity contribution in [3.63, 3.8) is 0 Å². The number of allylic oxidation sites excluding steroid dienone is 1. The van der Waals surface area contributed by atoms with Crippen LogP contribution in [0.1, 0.15) is 71.9 Å². The summed E-state index contributed by atoms with van der Waals surface area (Å²) in [6.45, 7) is 8.77. The molecule has 136 valence electrons. The summed E-state index contributed by atoms with van der Waals surface area (Å²) in [5, 5.41) is 4.53. The summed E-state index contributed by atoms with van der Waals surface area (Å²) < 4.78 is 7.59. The first-order chi connectivity index (χ1) is 11.9. The van der Waals surface area contributed by atoms with E-state index in [4.69, 9.17) is 10.5 Å². The minimum Gasteiger partial charge on any atom is -0.459 e. The first-order valence-corrected chi connectivity index (χ1v) is 9.29. The minimum atomic E-state index is 0.0597. The number of anilines is 1. The maximum Gasteiger partial charge on any atom is 0.336 e. The molecule has 6 nitrogen and oxygen atoms in total. The van der Waals surface area contributed by atoms with E-state index < -0.39 is 0 Å². The number of ether oxygens (including phenoxy) is 1. The number of hydrogen-bond donors (Lipinski definition) is 1. The van der Waals surface area contributed by atoms with Crippen molar-refractivity contribution in [2.75, 3.05) is 5.73 Å². The van der Waals surface area contributed by atoms with E-state index in [0.29, 0.717) is 17.5 Å². The Morgan fingerprint density at radius 1 is 1.40 bits per heavy atom. The van der Waals surface area contributed by atoms with Crippen molar-refractivity contribution in [2.45, 2.75) is 72.3 Å². The molecule has 0 aliphatic heterocycles. The highest BCUT2D eigenvalue weighted by molar-refractivity contribution is 5.64. The highest BCUT2D eigenvalue weighted by atomic mass is 16.5. The van der Waals surface area contributed by atoms with Gasteiger partial charge in [-0.15, -0.1) is 5.10 Å². The minimum absolute atomic E-state index is 0.0597. The van der Waals surface area contributed by atoms with E-state index in [9.17, 15) is 0 Å². The molecule has 0 aromatic carbocycles. The summed E-state index contributed by atoms with van der Waals surface area (Å²) in [4.78, 5) is 8.65. The molecule has 0 saturated heterocycles. The molecule has 6 heteroatoms. The quantitative estimate of drug-likeness (QED) is 0.877. The van der Waals surface area contributed by atoms with Gasteiger partial charge in [-0.25, -0.2) is 9.50 Å². The van der Waals surface area contributed by atoms with Crippen molar-refractivity contribution in [3.05, 3.63) is 17.5 Å². The predicted molar refractivity (Wildman–Crippen MR) is 100 cm³/mol. The molecular formula is C19H29N5O. The summed E-state index contributed by atoms with van der Waals surface area (Å²) >= 11 is 0. The van der Waals surface area contributed by atoms with Gasteiger partial charge in [-0.2, -0.15) is 4.98 Å². The Morgan fingerprint density at radius 2 is 2.20 bits per heavy atom. The number of aromatic nitrogens is 4. The van der Waals surface area contributed by atoms with Gasteiger partial charge in [0.1, 0.15) is 0 Å². The Labute approximate surface area is 149 Å². The largest absolute Gasteiger partial charge is 0.459 e. The molecule has 1 aliphatic carbocycles. The van der Waals surface area contributed by atoms with E-state index in [1.54, 1.807) is 4.52 Å². The van der Waals surface area contributed by atoms with Crippen molar-refractivity contribution < 1.29 is 4.74 Å². The molecule has 0 radical (unpaired) electrons. The highest BCUT2D eigenvalue weighted by Crippen LogP contribution is 2.41. The summed E-state index contributed by atoms with van der Waals surface area (Å²) in [6, 6.07) is 0.312. The lowest BCUT2D eigenvalue weighted by molar-refractivity contribution is 0.189. The smallest absolute Gasteiger partial charge is 0.336 e. The number of nitrogens with two attached hydrogens (primary N) is 1. The molecule has 3 rings (SSSR count). The van der Waals surface area contributed by atoms with Gasteiger partial charge in [-0.05, 0) is 44.1 Å².